The van der Waals surface area contributed by atoms with Crippen molar-refractivity contribution in [3.8, 4) is 0 Å². The molecule has 1 rings (SSSR count). The summed E-state index contributed by atoms with van der Waals surface area (Å²) >= 11 is 3.37. The summed E-state index contributed by atoms with van der Waals surface area (Å²) in [6, 6.07) is 8.12. The molecule has 0 saturated heterocycles. The van der Waals surface area contributed by atoms with Crippen molar-refractivity contribution in [1.29, 1.82) is 0 Å². The first-order chi connectivity index (χ1) is 5.33. The molecular weight excluding hydrogens is 200 g/mol. The maximum absolute atomic E-state index is 3.60. The van der Waals surface area contributed by atoms with Gasteiger partial charge in [-0.15, -0.1) is 0 Å². The first-order valence-electron chi connectivity index (χ1n) is 3.37. The third-order valence-corrected chi connectivity index (χ3v) is 1.82. The van der Waals surface area contributed by atoms with E-state index in [2.05, 4.69) is 22.5 Å². The molecule has 0 amide bonds. The zero-order valence-electron chi connectivity index (χ0n) is 6.13. The van der Waals surface area contributed by atoms with E-state index in [4.69, 9.17) is 0 Å². The van der Waals surface area contributed by atoms with Crippen molar-refractivity contribution in [3.05, 3.63) is 53.0 Å². The van der Waals surface area contributed by atoms with Gasteiger partial charge >= 0.3 is 0 Å². The van der Waals surface area contributed by atoms with Crippen LogP contribution in [-0.4, -0.2) is 0 Å². The molecule has 11 heavy (non-hydrogen) atoms. The van der Waals surface area contributed by atoms with Gasteiger partial charge in [0.1, 0.15) is 0 Å². The van der Waals surface area contributed by atoms with Crippen LogP contribution in [0.1, 0.15) is 5.56 Å². The van der Waals surface area contributed by atoms with Crippen molar-refractivity contribution in [1.82, 2.24) is 0 Å². The summed E-state index contributed by atoms with van der Waals surface area (Å²) in [5.41, 5.74) is 1.19. The van der Waals surface area contributed by atoms with Gasteiger partial charge < -0.3 is 0 Å². The van der Waals surface area contributed by atoms with Crippen molar-refractivity contribution < 1.29 is 0 Å². The van der Waals surface area contributed by atoms with Crippen LogP contribution in [0.25, 0.3) is 6.08 Å². The Morgan fingerprint density at radius 1 is 1.18 bits per heavy atom. The summed E-state index contributed by atoms with van der Waals surface area (Å²) < 4.78 is 1.10. The summed E-state index contributed by atoms with van der Waals surface area (Å²) in [6.07, 6.45) is 5.70. The number of hydrogen-bond acceptors (Lipinski definition) is 0. The third kappa shape index (κ3) is 2.72. The molecule has 1 aromatic carbocycles. The largest absolute Gasteiger partial charge is 0.0991 e. The standard InChI is InChI=1S/C10H9Br/c1-2-3-4-9-5-7-10(11)8-6-9/h2-8H,1H2. The third-order valence-electron chi connectivity index (χ3n) is 1.29. The van der Waals surface area contributed by atoms with Crippen molar-refractivity contribution in [3.63, 3.8) is 0 Å². The Hall–Kier alpha value is -0.820. The Bertz CT molecular complexity index is 257. The first kappa shape index (κ1) is 8.28. The Morgan fingerprint density at radius 3 is 2.36 bits per heavy atom. The number of allylic oxidation sites excluding steroid dienone is 2. The first-order valence-corrected chi connectivity index (χ1v) is 4.17. The second-order valence-electron chi connectivity index (χ2n) is 2.15. The van der Waals surface area contributed by atoms with Crippen LogP contribution in [0, 0.1) is 0 Å². The van der Waals surface area contributed by atoms with Crippen LogP contribution in [0.4, 0.5) is 0 Å². The normalized spacial score (nSPS) is 10.3. The Morgan fingerprint density at radius 2 is 1.82 bits per heavy atom. The number of rotatable bonds is 2. The fourth-order valence-electron chi connectivity index (χ4n) is 0.753. The highest BCUT2D eigenvalue weighted by Crippen LogP contribution is 2.11. The zero-order chi connectivity index (χ0) is 8.10. The maximum atomic E-state index is 3.60. The van der Waals surface area contributed by atoms with Crippen LogP contribution >= 0.6 is 15.9 Å². The number of hydrogen-bond donors (Lipinski definition) is 0. The smallest absolute Gasteiger partial charge is 0.0175 e. The lowest BCUT2D eigenvalue weighted by atomic mass is 10.2. The van der Waals surface area contributed by atoms with E-state index in [1.807, 2.05) is 36.4 Å². The molecular formula is C10H9Br. The van der Waals surface area contributed by atoms with Crippen LogP contribution in [0.15, 0.2) is 47.5 Å². The Balaban J connectivity index is 2.81. The highest BCUT2D eigenvalue weighted by Gasteiger charge is 1.84. The molecule has 0 N–H and O–H groups in total. The molecule has 1 heteroatoms. The predicted molar refractivity (Wildman–Crippen MR) is 53.4 cm³/mol. The molecule has 0 spiro atoms. The van der Waals surface area contributed by atoms with Crippen molar-refractivity contribution in [2.75, 3.05) is 0 Å². The second kappa shape index (κ2) is 4.14. The topological polar surface area (TPSA) is 0 Å². The fourth-order valence-corrected chi connectivity index (χ4v) is 1.02. The molecule has 56 valence electrons. The van der Waals surface area contributed by atoms with Crippen LogP contribution in [0.5, 0.6) is 0 Å². The number of benzene rings is 1. The fraction of sp³-hybridized carbons (Fsp3) is 0. The van der Waals surface area contributed by atoms with Crippen LogP contribution in [0.2, 0.25) is 0 Å². The average Bonchev–Trinajstić information content (AvgIpc) is 2.04. The maximum Gasteiger partial charge on any atom is 0.0175 e. The molecule has 0 bridgehead atoms. The van der Waals surface area contributed by atoms with Crippen molar-refractivity contribution in [2.45, 2.75) is 0 Å². The van der Waals surface area contributed by atoms with E-state index in [1.165, 1.54) is 5.56 Å². The van der Waals surface area contributed by atoms with Gasteiger partial charge in [0, 0.05) is 4.47 Å². The molecule has 0 saturated carbocycles. The van der Waals surface area contributed by atoms with E-state index in [0.717, 1.165) is 4.47 Å². The summed E-state index contributed by atoms with van der Waals surface area (Å²) in [6.45, 7) is 3.60. The van der Waals surface area contributed by atoms with Crippen molar-refractivity contribution >= 4 is 22.0 Å². The lowest BCUT2D eigenvalue weighted by Crippen LogP contribution is -1.68. The average molecular weight is 209 g/mol. The second-order valence-corrected chi connectivity index (χ2v) is 3.06. The van der Waals surface area contributed by atoms with Gasteiger partial charge in [-0.05, 0) is 17.7 Å². The minimum absolute atomic E-state index is 1.10. The molecule has 0 aliphatic carbocycles. The summed E-state index contributed by atoms with van der Waals surface area (Å²) in [5.74, 6) is 0. The van der Waals surface area contributed by atoms with E-state index in [9.17, 15) is 0 Å². The highest BCUT2D eigenvalue weighted by atomic mass is 79.9. The SMILES string of the molecule is C=CC=Cc1ccc(Br)cc1. The van der Waals surface area contributed by atoms with Crippen molar-refractivity contribution in [2.24, 2.45) is 0 Å². The van der Waals surface area contributed by atoms with E-state index >= 15 is 0 Å². The van der Waals surface area contributed by atoms with Crippen LogP contribution < -0.4 is 0 Å². The molecule has 0 aliphatic rings. The lowest BCUT2D eigenvalue weighted by Gasteiger charge is -1.91. The summed E-state index contributed by atoms with van der Waals surface area (Å²) in [5, 5.41) is 0. The van der Waals surface area contributed by atoms with E-state index in [-0.39, 0.29) is 0 Å². The quantitative estimate of drug-likeness (QED) is 0.652. The van der Waals surface area contributed by atoms with E-state index in [1.54, 1.807) is 6.08 Å². The minimum Gasteiger partial charge on any atom is -0.0991 e. The molecule has 1 aromatic rings. The summed E-state index contributed by atoms with van der Waals surface area (Å²) in [7, 11) is 0. The van der Waals surface area contributed by atoms with E-state index < -0.39 is 0 Å². The van der Waals surface area contributed by atoms with Gasteiger partial charge in [-0.3, -0.25) is 0 Å². The Kier molecular flexibility index (Phi) is 3.12. The minimum atomic E-state index is 1.10. The van der Waals surface area contributed by atoms with Gasteiger partial charge in [0.25, 0.3) is 0 Å². The predicted octanol–water partition coefficient (Wildman–Crippen LogP) is 3.65. The monoisotopic (exact) mass is 208 g/mol. The molecule has 0 heterocycles. The van der Waals surface area contributed by atoms with Gasteiger partial charge in [0.05, 0.1) is 0 Å². The van der Waals surface area contributed by atoms with Gasteiger partial charge in [0.15, 0.2) is 0 Å². The van der Waals surface area contributed by atoms with Gasteiger partial charge in [-0.2, -0.15) is 0 Å². The molecule has 0 aliphatic heterocycles. The molecule has 0 nitrogen and oxygen atoms in total. The van der Waals surface area contributed by atoms with Gasteiger partial charge in [-0.1, -0.05) is 52.9 Å². The number of halogens is 1. The summed E-state index contributed by atoms with van der Waals surface area (Å²) in [4.78, 5) is 0. The molecule has 0 atom stereocenters. The molecule has 0 aromatic heterocycles. The zero-order valence-corrected chi connectivity index (χ0v) is 7.71. The Labute approximate surface area is 75.4 Å². The van der Waals surface area contributed by atoms with E-state index in [0.29, 0.717) is 0 Å². The molecule has 0 fully saturated rings. The molecule has 0 radical (unpaired) electrons. The van der Waals surface area contributed by atoms with Gasteiger partial charge in [-0.25, -0.2) is 0 Å². The highest BCUT2D eigenvalue weighted by molar-refractivity contribution is 9.10. The van der Waals surface area contributed by atoms with Crippen LogP contribution in [0.3, 0.4) is 0 Å². The van der Waals surface area contributed by atoms with Crippen LogP contribution in [-0.2, 0) is 0 Å². The molecule has 0 unspecified atom stereocenters. The lowest BCUT2D eigenvalue weighted by molar-refractivity contribution is 1.61. The van der Waals surface area contributed by atoms with Gasteiger partial charge in [0.2, 0.25) is 0 Å².